The predicted octanol–water partition coefficient (Wildman–Crippen LogP) is 2.13. The van der Waals surface area contributed by atoms with Crippen LogP contribution in [-0.4, -0.2) is 71.2 Å². The first-order valence-electron chi connectivity index (χ1n) is 9.61. The molecule has 0 spiro atoms. The SMILES string of the molecule is Cc1ccc(/C=N\N=C(/c2cccc([N+](=O)[O-])c2)C23CN4CN(CN(C4)C2)C3)o1. The summed E-state index contributed by atoms with van der Waals surface area (Å²) in [5.41, 5.74) is 1.37. The molecule has 9 nitrogen and oxygen atoms in total. The number of nitrogens with zero attached hydrogens (tertiary/aromatic N) is 6. The number of non-ortho nitro benzene ring substituents is 1. The standard InChI is InChI=1S/C20H22N6O3/c1-15-5-6-18(29-15)8-21-22-19(16-3-2-4-17(7-16)26(27)28)20-9-23-12-24(10-20)14-25(11-20)13-23/h2-8H,9-14H2,1H3/b21-8-,22-19+. The van der Waals surface area contributed by atoms with Gasteiger partial charge in [-0.2, -0.15) is 10.2 Å². The molecule has 4 fully saturated rings. The molecule has 4 aliphatic rings. The summed E-state index contributed by atoms with van der Waals surface area (Å²) in [5, 5.41) is 20.2. The van der Waals surface area contributed by atoms with Gasteiger partial charge >= 0.3 is 0 Å². The minimum Gasteiger partial charge on any atom is -0.460 e. The third-order valence-corrected chi connectivity index (χ3v) is 5.72. The molecule has 0 unspecified atom stereocenters. The summed E-state index contributed by atoms with van der Waals surface area (Å²) < 4.78 is 5.54. The van der Waals surface area contributed by atoms with Crippen molar-refractivity contribution >= 4 is 17.6 Å². The minimum absolute atomic E-state index is 0.0616. The van der Waals surface area contributed by atoms with E-state index in [1.807, 2.05) is 25.1 Å². The Labute approximate surface area is 168 Å². The molecule has 1 aromatic heterocycles. The molecule has 4 aliphatic heterocycles. The summed E-state index contributed by atoms with van der Waals surface area (Å²) in [7, 11) is 0. The van der Waals surface area contributed by atoms with Gasteiger partial charge in [0.15, 0.2) is 0 Å². The van der Waals surface area contributed by atoms with Crippen molar-refractivity contribution in [3.05, 3.63) is 63.6 Å². The van der Waals surface area contributed by atoms with Crippen LogP contribution < -0.4 is 0 Å². The monoisotopic (exact) mass is 394 g/mol. The molecule has 0 radical (unpaired) electrons. The van der Waals surface area contributed by atoms with Crippen molar-refractivity contribution < 1.29 is 9.34 Å². The van der Waals surface area contributed by atoms with E-state index in [0.717, 1.165) is 56.7 Å². The van der Waals surface area contributed by atoms with Gasteiger partial charge in [0.05, 0.1) is 42.3 Å². The zero-order valence-electron chi connectivity index (χ0n) is 16.2. The van der Waals surface area contributed by atoms with E-state index < -0.39 is 0 Å². The van der Waals surface area contributed by atoms with Crippen molar-refractivity contribution in [2.24, 2.45) is 15.6 Å². The summed E-state index contributed by atoms with van der Waals surface area (Å²) in [6.07, 6.45) is 1.59. The number of hydrogen-bond acceptors (Lipinski definition) is 8. The molecular formula is C20H22N6O3. The third-order valence-electron chi connectivity index (χ3n) is 5.72. The first-order chi connectivity index (χ1) is 14.0. The largest absolute Gasteiger partial charge is 0.460 e. The fraction of sp³-hybridized carbons (Fsp3) is 0.400. The van der Waals surface area contributed by atoms with Gasteiger partial charge in [-0.25, -0.2) is 0 Å². The summed E-state index contributed by atoms with van der Waals surface area (Å²) in [6, 6.07) is 10.4. The van der Waals surface area contributed by atoms with Crippen LogP contribution in [0.2, 0.25) is 0 Å². The maximum absolute atomic E-state index is 11.3. The van der Waals surface area contributed by atoms with Crippen LogP contribution in [0.3, 0.4) is 0 Å². The lowest BCUT2D eigenvalue weighted by Gasteiger charge is -2.60. The number of benzene rings is 1. The van der Waals surface area contributed by atoms with Crippen LogP contribution in [0.1, 0.15) is 17.1 Å². The van der Waals surface area contributed by atoms with E-state index in [-0.39, 0.29) is 16.0 Å². The van der Waals surface area contributed by atoms with E-state index in [2.05, 4.69) is 24.9 Å². The zero-order valence-corrected chi connectivity index (χ0v) is 16.2. The summed E-state index contributed by atoms with van der Waals surface area (Å²) >= 11 is 0. The van der Waals surface area contributed by atoms with Crippen molar-refractivity contribution in [3.63, 3.8) is 0 Å². The predicted molar refractivity (Wildman–Crippen MR) is 108 cm³/mol. The quantitative estimate of drug-likeness (QED) is 0.438. The number of aryl methyl sites for hydroxylation is 1. The highest BCUT2D eigenvalue weighted by Gasteiger charge is 2.52. The Morgan fingerprint density at radius 3 is 2.41 bits per heavy atom. The molecule has 0 aliphatic carbocycles. The Kier molecular flexibility index (Phi) is 4.30. The van der Waals surface area contributed by atoms with Crippen LogP contribution in [0.4, 0.5) is 5.69 Å². The molecule has 0 saturated carbocycles. The highest BCUT2D eigenvalue weighted by Crippen LogP contribution is 2.39. The van der Waals surface area contributed by atoms with E-state index >= 15 is 0 Å². The van der Waals surface area contributed by atoms with Gasteiger partial charge in [-0.05, 0) is 19.1 Å². The van der Waals surface area contributed by atoms with E-state index in [0.29, 0.717) is 5.76 Å². The average molecular weight is 394 g/mol. The van der Waals surface area contributed by atoms with Crippen molar-refractivity contribution in [2.45, 2.75) is 6.92 Å². The average Bonchev–Trinajstić information content (AvgIpc) is 3.09. The molecule has 9 heteroatoms. The Hall–Kier alpha value is -2.88. The van der Waals surface area contributed by atoms with Gasteiger partial charge in [0, 0.05) is 37.3 Å². The summed E-state index contributed by atoms with van der Waals surface area (Å²) in [6.45, 7) is 7.35. The molecule has 0 N–H and O–H groups in total. The molecule has 4 bridgehead atoms. The number of nitro benzene ring substituents is 1. The van der Waals surface area contributed by atoms with Crippen molar-refractivity contribution in [2.75, 3.05) is 39.6 Å². The highest BCUT2D eigenvalue weighted by atomic mass is 16.6. The molecule has 150 valence electrons. The minimum atomic E-state index is -0.369. The molecule has 1 aromatic carbocycles. The van der Waals surface area contributed by atoms with Crippen LogP contribution in [0.5, 0.6) is 0 Å². The van der Waals surface area contributed by atoms with Gasteiger partial charge in [-0.3, -0.25) is 24.8 Å². The number of nitro groups is 1. The molecule has 4 saturated heterocycles. The van der Waals surface area contributed by atoms with Crippen molar-refractivity contribution in [3.8, 4) is 0 Å². The lowest BCUT2D eigenvalue weighted by atomic mass is 9.74. The first-order valence-corrected chi connectivity index (χ1v) is 9.61. The molecule has 29 heavy (non-hydrogen) atoms. The second kappa shape index (κ2) is 6.87. The zero-order chi connectivity index (χ0) is 20.0. The Morgan fingerprint density at radius 1 is 1.14 bits per heavy atom. The van der Waals surface area contributed by atoms with E-state index in [9.17, 15) is 10.1 Å². The van der Waals surface area contributed by atoms with Crippen molar-refractivity contribution in [1.29, 1.82) is 0 Å². The van der Waals surface area contributed by atoms with Gasteiger partial charge in [-0.15, -0.1) is 0 Å². The van der Waals surface area contributed by atoms with E-state index in [1.54, 1.807) is 18.3 Å². The van der Waals surface area contributed by atoms with Gasteiger partial charge in [0.2, 0.25) is 0 Å². The van der Waals surface area contributed by atoms with Gasteiger partial charge in [0.25, 0.3) is 5.69 Å². The second-order valence-electron chi connectivity index (χ2n) is 8.14. The fourth-order valence-electron chi connectivity index (χ4n) is 4.84. The normalized spacial score (nSPS) is 30.9. The molecule has 2 aromatic rings. The van der Waals surface area contributed by atoms with Crippen LogP contribution in [-0.2, 0) is 0 Å². The number of furan rings is 1. The highest BCUT2D eigenvalue weighted by molar-refractivity contribution is 6.06. The lowest BCUT2D eigenvalue weighted by Crippen LogP contribution is -2.74. The smallest absolute Gasteiger partial charge is 0.270 e. The van der Waals surface area contributed by atoms with Crippen LogP contribution in [0, 0.1) is 22.5 Å². The topological polar surface area (TPSA) is 90.7 Å². The maximum atomic E-state index is 11.3. The number of rotatable bonds is 5. The lowest BCUT2D eigenvalue weighted by molar-refractivity contribution is -0.384. The van der Waals surface area contributed by atoms with Gasteiger partial charge < -0.3 is 4.42 Å². The maximum Gasteiger partial charge on any atom is 0.270 e. The fourth-order valence-corrected chi connectivity index (χ4v) is 4.84. The van der Waals surface area contributed by atoms with Crippen molar-refractivity contribution in [1.82, 2.24) is 14.7 Å². The van der Waals surface area contributed by atoms with Crippen LogP contribution in [0.15, 0.2) is 51.0 Å². The third kappa shape index (κ3) is 3.37. The van der Waals surface area contributed by atoms with Gasteiger partial charge in [-0.1, -0.05) is 12.1 Å². The van der Waals surface area contributed by atoms with E-state index in [4.69, 9.17) is 4.42 Å². The molecule has 5 heterocycles. The molecule has 0 atom stereocenters. The van der Waals surface area contributed by atoms with E-state index in [1.165, 1.54) is 6.07 Å². The Morgan fingerprint density at radius 2 is 1.83 bits per heavy atom. The molecular weight excluding hydrogens is 372 g/mol. The molecule has 0 amide bonds. The van der Waals surface area contributed by atoms with Crippen LogP contribution >= 0.6 is 0 Å². The number of hydrogen-bond donors (Lipinski definition) is 0. The Bertz CT molecular complexity index is 976. The second-order valence-corrected chi connectivity index (χ2v) is 8.14. The van der Waals surface area contributed by atoms with Crippen LogP contribution in [0.25, 0.3) is 0 Å². The first kappa shape index (κ1) is 18.2. The Balaban J connectivity index is 1.56. The van der Waals surface area contributed by atoms with Gasteiger partial charge in [0.1, 0.15) is 11.5 Å². The summed E-state index contributed by atoms with van der Waals surface area (Å²) in [5.74, 6) is 1.44. The summed E-state index contributed by atoms with van der Waals surface area (Å²) in [4.78, 5) is 18.1. The molecule has 6 rings (SSSR count).